The molecule has 1 heterocycles. The lowest BCUT2D eigenvalue weighted by atomic mass is 10.1. The maximum absolute atomic E-state index is 13.0. The molecule has 0 aliphatic carbocycles. The highest BCUT2D eigenvalue weighted by Crippen LogP contribution is 2.26. The molecule has 15 heavy (non-hydrogen) atoms. The molecular weight excluding hydrogens is 199 g/mol. The predicted octanol–water partition coefficient (Wildman–Crippen LogP) is 2.67. The first-order valence-electron chi connectivity index (χ1n) is 4.40. The van der Waals surface area contributed by atoms with Crippen LogP contribution in [0.15, 0.2) is 22.6 Å². The van der Waals surface area contributed by atoms with Gasteiger partial charge in [0.1, 0.15) is 11.4 Å². The van der Waals surface area contributed by atoms with E-state index in [1.54, 1.807) is 6.92 Å². The summed E-state index contributed by atoms with van der Waals surface area (Å²) in [6.45, 7) is 1.69. The number of aryl methyl sites for hydroxylation is 1. The molecule has 3 nitrogen and oxygen atoms in total. The van der Waals surface area contributed by atoms with E-state index in [0.717, 1.165) is 0 Å². The first kappa shape index (κ1) is 9.71. The maximum Gasteiger partial charge on any atom is 0.374 e. The quantitative estimate of drug-likeness (QED) is 0.676. The van der Waals surface area contributed by atoms with Crippen LogP contribution in [-0.2, 0) is 4.74 Å². The van der Waals surface area contributed by atoms with Crippen LogP contribution >= 0.6 is 0 Å². The molecule has 0 atom stereocenters. The highest BCUT2D eigenvalue weighted by Gasteiger charge is 2.17. The lowest BCUT2D eigenvalue weighted by molar-refractivity contribution is 0.0566. The van der Waals surface area contributed by atoms with E-state index in [2.05, 4.69) is 4.74 Å². The summed E-state index contributed by atoms with van der Waals surface area (Å²) in [6.07, 6.45) is 0. The van der Waals surface area contributed by atoms with Crippen molar-refractivity contribution in [2.24, 2.45) is 0 Å². The number of hydrogen-bond acceptors (Lipinski definition) is 3. The summed E-state index contributed by atoms with van der Waals surface area (Å²) >= 11 is 0. The van der Waals surface area contributed by atoms with Crippen LogP contribution in [0.5, 0.6) is 0 Å². The lowest BCUT2D eigenvalue weighted by Gasteiger charge is -1.94. The number of benzene rings is 1. The van der Waals surface area contributed by atoms with Crippen molar-refractivity contribution < 1.29 is 18.3 Å². The summed E-state index contributed by atoms with van der Waals surface area (Å²) in [5.74, 6) is -0.787. The highest BCUT2D eigenvalue weighted by atomic mass is 19.1. The van der Waals surface area contributed by atoms with Crippen molar-refractivity contribution in [2.45, 2.75) is 6.92 Å². The number of methoxy groups -OCH3 is 1. The fourth-order valence-electron chi connectivity index (χ4n) is 1.48. The molecule has 0 saturated heterocycles. The van der Waals surface area contributed by atoms with Gasteiger partial charge >= 0.3 is 5.97 Å². The van der Waals surface area contributed by atoms with E-state index >= 15 is 0 Å². The van der Waals surface area contributed by atoms with Crippen LogP contribution in [0, 0.1) is 12.7 Å². The third-order valence-electron chi connectivity index (χ3n) is 2.27. The summed E-state index contributed by atoms with van der Waals surface area (Å²) in [4.78, 5) is 11.3. The second-order valence-electron chi connectivity index (χ2n) is 3.19. The second-order valence-corrected chi connectivity index (χ2v) is 3.19. The molecule has 4 heteroatoms. The number of fused-ring (bicyclic) bond motifs is 1. The Morgan fingerprint density at radius 1 is 1.47 bits per heavy atom. The van der Waals surface area contributed by atoms with Crippen LogP contribution in [-0.4, -0.2) is 13.1 Å². The number of ether oxygens (including phenoxy) is 1. The molecule has 2 rings (SSSR count). The minimum Gasteiger partial charge on any atom is -0.463 e. The Balaban J connectivity index is 2.69. The molecule has 2 aromatic rings. The smallest absolute Gasteiger partial charge is 0.374 e. The van der Waals surface area contributed by atoms with E-state index < -0.39 is 5.97 Å². The average Bonchev–Trinajstić information content (AvgIpc) is 2.55. The average molecular weight is 208 g/mol. The van der Waals surface area contributed by atoms with Gasteiger partial charge in [0, 0.05) is 10.9 Å². The Morgan fingerprint density at radius 2 is 2.20 bits per heavy atom. The minimum absolute atomic E-state index is 0.123. The number of carbonyl (C=O) groups excluding carboxylic acids is 1. The monoisotopic (exact) mass is 208 g/mol. The summed E-state index contributed by atoms with van der Waals surface area (Å²) in [5, 5.41) is 0.593. The highest BCUT2D eigenvalue weighted by molar-refractivity contribution is 5.95. The number of carbonyl (C=O) groups is 1. The maximum atomic E-state index is 13.0. The van der Waals surface area contributed by atoms with Gasteiger partial charge in [-0.2, -0.15) is 0 Å². The predicted molar refractivity (Wildman–Crippen MR) is 52.2 cm³/mol. The van der Waals surface area contributed by atoms with Crippen LogP contribution < -0.4 is 0 Å². The van der Waals surface area contributed by atoms with Gasteiger partial charge in [-0.05, 0) is 25.1 Å². The van der Waals surface area contributed by atoms with Crippen LogP contribution in [0.3, 0.4) is 0 Å². The van der Waals surface area contributed by atoms with E-state index in [9.17, 15) is 9.18 Å². The summed E-state index contributed by atoms with van der Waals surface area (Å²) in [5.41, 5.74) is 1.07. The van der Waals surface area contributed by atoms with Gasteiger partial charge in [0.05, 0.1) is 7.11 Å². The van der Waals surface area contributed by atoms with Crippen molar-refractivity contribution in [3.63, 3.8) is 0 Å². The Morgan fingerprint density at radius 3 is 2.87 bits per heavy atom. The molecule has 0 N–H and O–H groups in total. The zero-order valence-electron chi connectivity index (χ0n) is 8.33. The van der Waals surface area contributed by atoms with E-state index in [4.69, 9.17) is 4.42 Å². The Kier molecular flexibility index (Phi) is 2.19. The molecule has 0 radical (unpaired) electrons. The summed E-state index contributed by atoms with van der Waals surface area (Å²) in [6, 6.07) is 4.11. The van der Waals surface area contributed by atoms with Gasteiger partial charge in [-0.3, -0.25) is 0 Å². The fraction of sp³-hybridized carbons (Fsp3) is 0.182. The van der Waals surface area contributed by atoms with Gasteiger partial charge in [-0.1, -0.05) is 0 Å². The first-order chi connectivity index (χ1) is 7.13. The molecule has 0 aliphatic rings. The van der Waals surface area contributed by atoms with E-state index in [1.807, 2.05) is 0 Å². The van der Waals surface area contributed by atoms with Crippen LogP contribution in [0.1, 0.15) is 16.1 Å². The Labute approximate surface area is 85.4 Å². The fourth-order valence-corrected chi connectivity index (χ4v) is 1.48. The van der Waals surface area contributed by atoms with Crippen LogP contribution in [0.25, 0.3) is 11.0 Å². The van der Waals surface area contributed by atoms with Gasteiger partial charge in [0.25, 0.3) is 0 Å². The second kappa shape index (κ2) is 3.38. The third-order valence-corrected chi connectivity index (χ3v) is 2.27. The molecule has 0 unspecified atom stereocenters. The zero-order chi connectivity index (χ0) is 11.0. The van der Waals surface area contributed by atoms with Gasteiger partial charge in [-0.15, -0.1) is 0 Å². The van der Waals surface area contributed by atoms with Crippen molar-refractivity contribution in [3.05, 3.63) is 35.3 Å². The van der Waals surface area contributed by atoms with Gasteiger partial charge in [0.2, 0.25) is 5.76 Å². The molecule has 0 saturated carbocycles. The molecule has 0 spiro atoms. The number of furan rings is 1. The number of hydrogen-bond donors (Lipinski definition) is 0. The largest absolute Gasteiger partial charge is 0.463 e. The molecule has 0 amide bonds. The SMILES string of the molecule is COC(=O)c1oc2ccc(F)cc2c1C. The summed E-state index contributed by atoms with van der Waals surface area (Å²) in [7, 11) is 1.27. The number of halogens is 1. The molecule has 1 aromatic carbocycles. The van der Waals surface area contributed by atoms with Gasteiger partial charge in [0.15, 0.2) is 0 Å². The van der Waals surface area contributed by atoms with Crippen LogP contribution in [0.4, 0.5) is 4.39 Å². The van der Waals surface area contributed by atoms with E-state index in [0.29, 0.717) is 16.5 Å². The molecule has 78 valence electrons. The molecule has 0 fully saturated rings. The number of esters is 1. The first-order valence-corrected chi connectivity index (χ1v) is 4.40. The Hall–Kier alpha value is -1.84. The molecular formula is C11H9FO3. The van der Waals surface area contributed by atoms with E-state index in [-0.39, 0.29) is 11.6 Å². The topological polar surface area (TPSA) is 39.4 Å². The van der Waals surface area contributed by atoms with Gasteiger partial charge < -0.3 is 9.15 Å². The van der Waals surface area contributed by atoms with Crippen LogP contribution in [0.2, 0.25) is 0 Å². The van der Waals surface area contributed by atoms with E-state index in [1.165, 1.54) is 25.3 Å². The van der Waals surface area contributed by atoms with Crippen molar-refractivity contribution in [1.29, 1.82) is 0 Å². The minimum atomic E-state index is -0.552. The molecule has 0 aliphatic heterocycles. The van der Waals surface area contributed by atoms with Crippen molar-refractivity contribution in [2.75, 3.05) is 7.11 Å². The third kappa shape index (κ3) is 1.48. The van der Waals surface area contributed by atoms with Crippen molar-refractivity contribution in [3.8, 4) is 0 Å². The zero-order valence-corrected chi connectivity index (χ0v) is 8.33. The standard InChI is InChI=1S/C11H9FO3/c1-6-8-5-7(12)3-4-9(8)15-10(6)11(13)14-2/h3-5H,1-2H3. The summed E-state index contributed by atoms with van der Waals surface area (Å²) < 4.78 is 22.8. The Bertz CT molecular complexity index is 528. The molecule has 1 aromatic heterocycles. The van der Waals surface area contributed by atoms with Gasteiger partial charge in [-0.25, -0.2) is 9.18 Å². The molecule has 0 bridgehead atoms. The van der Waals surface area contributed by atoms with Crippen molar-refractivity contribution in [1.82, 2.24) is 0 Å². The number of rotatable bonds is 1. The lowest BCUT2D eigenvalue weighted by Crippen LogP contribution is -2.00. The normalized spacial score (nSPS) is 10.6. The van der Waals surface area contributed by atoms with Crippen molar-refractivity contribution >= 4 is 16.9 Å².